The second-order valence-electron chi connectivity index (χ2n) is 6.94. The average Bonchev–Trinajstić information content (AvgIpc) is 3.18. The maximum atomic E-state index is 12.3. The van der Waals surface area contributed by atoms with Gasteiger partial charge in [-0.3, -0.25) is 4.79 Å². The van der Waals surface area contributed by atoms with E-state index in [1.54, 1.807) is 6.08 Å². The summed E-state index contributed by atoms with van der Waals surface area (Å²) < 4.78 is 16.0. The fourth-order valence-electron chi connectivity index (χ4n) is 2.78. The van der Waals surface area contributed by atoms with Crippen LogP contribution in [0.3, 0.4) is 0 Å². The van der Waals surface area contributed by atoms with Crippen LogP contribution in [0.1, 0.15) is 55.9 Å². The molecule has 0 bridgehead atoms. The summed E-state index contributed by atoms with van der Waals surface area (Å²) in [5.41, 5.74) is 0.860. The summed E-state index contributed by atoms with van der Waals surface area (Å²) in [6, 6.07) is 5.22. The predicted molar refractivity (Wildman–Crippen MR) is 93.6 cm³/mol. The highest BCUT2D eigenvalue weighted by atomic mass is 16.7. The van der Waals surface area contributed by atoms with Gasteiger partial charge in [0.25, 0.3) is 0 Å². The first-order valence-corrected chi connectivity index (χ1v) is 8.82. The van der Waals surface area contributed by atoms with Gasteiger partial charge in [0, 0.05) is 12.0 Å². The number of benzene rings is 1. The minimum absolute atomic E-state index is 0.130. The summed E-state index contributed by atoms with van der Waals surface area (Å²) in [6.07, 6.45) is 5.44. The molecule has 2 heterocycles. The number of nitrogens with one attached hydrogen (secondary N) is 1. The summed E-state index contributed by atoms with van der Waals surface area (Å²) in [7, 11) is 0. The van der Waals surface area contributed by atoms with E-state index in [4.69, 9.17) is 14.0 Å². The molecule has 1 fully saturated rings. The van der Waals surface area contributed by atoms with Gasteiger partial charge >= 0.3 is 0 Å². The highest BCUT2D eigenvalue weighted by Gasteiger charge is 2.31. The molecular formula is C19H21N3O4. The van der Waals surface area contributed by atoms with E-state index in [1.807, 2.05) is 32.0 Å². The van der Waals surface area contributed by atoms with Gasteiger partial charge in [0.05, 0.1) is 0 Å². The summed E-state index contributed by atoms with van der Waals surface area (Å²) >= 11 is 0. The molecule has 1 amide bonds. The van der Waals surface area contributed by atoms with Gasteiger partial charge in [-0.05, 0) is 42.5 Å². The molecular weight excluding hydrogens is 334 g/mol. The lowest BCUT2D eigenvalue weighted by Crippen LogP contribution is -2.30. The number of nitrogens with zero attached hydrogens (tertiary/aromatic N) is 2. The molecule has 1 saturated carbocycles. The van der Waals surface area contributed by atoms with Crippen LogP contribution in [0.4, 0.5) is 0 Å². The van der Waals surface area contributed by atoms with Crippen LogP contribution >= 0.6 is 0 Å². The number of carbonyl (C=O) groups excluding carboxylic acids is 1. The zero-order valence-electron chi connectivity index (χ0n) is 14.8. The number of hydrogen-bond acceptors (Lipinski definition) is 6. The van der Waals surface area contributed by atoms with E-state index < -0.39 is 0 Å². The molecule has 1 unspecified atom stereocenters. The standard InChI is InChI=1S/C19H21N3O4/c1-11(2)17(19-21-18(22-26-19)13-5-6-13)20-16(23)8-4-12-3-7-14-15(9-12)25-10-24-14/h3-4,7-9,11,13,17H,5-6,10H2,1-2H3,(H,20,23)/b8-4+. The number of aromatic nitrogens is 2. The van der Waals surface area contributed by atoms with Gasteiger partial charge in [0.1, 0.15) is 6.04 Å². The fraction of sp³-hybridized carbons (Fsp3) is 0.421. The quantitative estimate of drug-likeness (QED) is 0.801. The molecule has 0 spiro atoms. The van der Waals surface area contributed by atoms with E-state index in [0.29, 0.717) is 23.3 Å². The van der Waals surface area contributed by atoms with Gasteiger partial charge in [-0.2, -0.15) is 4.98 Å². The van der Waals surface area contributed by atoms with Gasteiger partial charge in [0.2, 0.25) is 18.6 Å². The van der Waals surface area contributed by atoms with Crippen molar-refractivity contribution in [1.82, 2.24) is 15.5 Å². The Morgan fingerprint density at radius 1 is 1.27 bits per heavy atom. The van der Waals surface area contributed by atoms with E-state index in [2.05, 4.69) is 15.5 Å². The molecule has 7 heteroatoms. The smallest absolute Gasteiger partial charge is 0.249 e. The van der Waals surface area contributed by atoms with Crippen LogP contribution in [-0.2, 0) is 4.79 Å². The maximum Gasteiger partial charge on any atom is 0.249 e. The van der Waals surface area contributed by atoms with Crippen LogP contribution in [0.15, 0.2) is 28.8 Å². The van der Waals surface area contributed by atoms with Crippen molar-refractivity contribution in [2.45, 2.75) is 38.6 Å². The molecule has 2 aliphatic rings. The Bertz CT molecular complexity index is 839. The lowest BCUT2D eigenvalue weighted by atomic mass is 10.0. The Morgan fingerprint density at radius 3 is 2.85 bits per heavy atom. The SMILES string of the molecule is CC(C)C(NC(=O)/C=C/c1ccc2c(c1)OCO2)c1nc(C2CC2)no1. The van der Waals surface area contributed by atoms with Crippen molar-refractivity contribution < 1.29 is 18.8 Å². The molecule has 1 aromatic heterocycles. The first-order valence-electron chi connectivity index (χ1n) is 8.82. The lowest BCUT2D eigenvalue weighted by molar-refractivity contribution is -0.117. The zero-order valence-corrected chi connectivity index (χ0v) is 14.8. The minimum Gasteiger partial charge on any atom is -0.454 e. The van der Waals surface area contributed by atoms with E-state index in [9.17, 15) is 4.79 Å². The molecule has 2 aromatic rings. The Balaban J connectivity index is 1.42. The van der Waals surface area contributed by atoms with E-state index in [0.717, 1.165) is 24.2 Å². The van der Waals surface area contributed by atoms with Gasteiger partial charge in [0.15, 0.2) is 17.3 Å². The van der Waals surface area contributed by atoms with E-state index in [-0.39, 0.29) is 24.7 Å². The molecule has 26 heavy (non-hydrogen) atoms. The van der Waals surface area contributed by atoms with E-state index in [1.165, 1.54) is 6.08 Å². The van der Waals surface area contributed by atoms with Crippen LogP contribution in [0.25, 0.3) is 6.08 Å². The fourth-order valence-corrected chi connectivity index (χ4v) is 2.78. The second kappa shape index (κ2) is 6.82. The normalized spacial score (nSPS) is 17.0. The topological polar surface area (TPSA) is 86.5 Å². The first kappa shape index (κ1) is 16.6. The van der Waals surface area contributed by atoms with Gasteiger partial charge in [-0.1, -0.05) is 25.1 Å². The van der Waals surface area contributed by atoms with Gasteiger partial charge < -0.3 is 19.3 Å². The van der Waals surface area contributed by atoms with Crippen LogP contribution in [-0.4, -0.2) is 22.8 Å². The van der Waals surface area contributed by atoms with Gasteiger partial charge in [-0.25, -0.2) is 0 Å². The van der Waals surface area contributed by atoms with E-state index >= 15 is 0 Å². The average molecular weight is 355 g/mol. The Morgan fingerprint density at radius 2 is 2.08 bits per heavy atom. The molecule has 1 N–H and O–H groups in total. The molecule has 0 radical (unpaired) electrons. The van der Waals surface area contributed by atoms with Crippen molar-refractivity contribution in [3.63, 3.8) is 0 Å². The summed E-state index contributed by atoms with van der Waals surface area (Å²) in [5.74, 6) is 2.95. The molecule has 0 saturated heterocycles. The largest absolute Gasteiger partial charge is 0.454 e. The molecule has 1 aliphatic carbocycles. The summed E-state index contributed by atoms with van der Waals surface area (Å²) in [4.78, 5) is 16.8. The Hall–Kier alpha value is -2.83. The zero-order chi connectivity index (χ0) is 18.1. The Labute approximate surface area is 151 Å². The lowest BCUT2D eigenvalue weighted by Gasteiger charge is -2.17. The van der Waals surface area contributed by atoms with Crippen LogP contribution in [0.5, 0.6) is 11.5 Å². The predicted octanol–water partition coefficient (Wildman–Crippen LogP) is 3.20. The van der Waals surface area contributed by atoms with Crippen molar-refractivity contribution in [3.8, 4) is 11.5 Å². The molecule has 1 aliphatic heterocycles. The first-order chi connectivity index (χ1) is 12.6. The third-order valence-electron chi connectivity index (χ3n) is 4.45. The number of carbonyl (C=O) groups is 1. The summed E-state index contributed by atoms with van der Waals surface area (Å²) in [5, 5.41) is 6.98. The van der Waals surface area contributed by atoms with Crippen molar-refractivity contribution in [3.05, 3.63) is 41.6 Å². The van der Waals surface area contributed by atoms with Crippen molar-refractivity contribution in [2.75, 3.05) is 6.79 Å². The van der Waals surface area contributed by atoms with Crippen molar-refractivity contribution in [1.29, 1.82) is 0 Å². The molecule has 4 rings (SSSR count). The monoisotopic (exact) mass is 355 g/mol. The third-order valence-corrected chi connectivity index (χ3v) is 4.45. The number of fused-ring (bicyclic) bond motifs is 1. The maximum absolute atomic E-state index is 12.3. The third kappa shape index (κ3) is 3.56. The molecule has 136 valence electrons. The number of ether oxygens (including phenoxy) is 2. The number of rotatable bonds is 6. The highest BCUT2D eigenvalue weighted by Crippen LogP contribution is 2.38. The van der Waals surface area contributed by atoms with Crippen LogP contribution < -0.4 is 14.8 Å². The Kier molecular flexibility index (Phi) is 4.36. The number of amides is 1. The summed E-state index contributed by atoms with van der Waals surface area (Å²) in [6.45, 7) is 4.24. The highest BCUT2D eigenvalue weighted by molar-refractivity contribution is 5.92. The molecule has 1 atom stereocenters. The molecule has 1 aromatic carbocycles. The number of hydrogen-bond donors (Lipinski definition) is 1. The van der Waals surface area contributed by atoms with Crippen LogP contribution in [0, 0.1) is 5.92 Å². The minimum atomic E-state index is -0.316. The van der Waals surface area contributed by atoms with Gasteiger partial charge in [-0.15, -0.1) is 0 Å². The van der Waals surface area contributed by atoms with Crippen molar-refractivity contribution in [2.24, 2.45) is 5.92 Å². The van der Waals surface area contributed by atoms with Crippen molar-refractivity contribution >= 4 is 12.0 Å². The molecule has 7 nitrogen and oxygen atoms in total. The second-order valence-corrected chi connectivity index (χ2v) is 6.94. The van der Waals surface area contributed by atoms with Crippen LogP contribution in [0.2, 0.25) is 0 Å².